The van der Waals surface area contributed by atoms with E-state index in [1.807, 2.05) is 31.2 Å². The van der Waals surface area contributed by atoms with E-state index >= 15 is 0 Å². The molecule has 2 N–H and O–H groups in total. The summed E-state index contributed by atoms with van der Waals surface area (Å²) in [6.45, 7) is 6.43. The van der Waals surface area contributed by atoms with Gasteiger partial charge in [0.05, 0.1) is 5.69 Å². The summed E-state index contributed by atoms with van der Waals surface area (Å²) in [5.41, 5.74) is 2.05. The van der Waals surface area contributed by atoms with Crippen LogP contribution in [0.2, 0.25) is 0 Å². The summed E-state index contributed by atoms with van der Waals surface area (Å²) in [6, 6.07) is 7.92. The number of carbonyl (C=O) groups excluding carboxylic acids is 1. The van der Waals surface area contributed by atoms with Crippen molar-refractivity contribution in [3.8, 4) is 5.69 Å². The van der Waals surface area contributed by atoms with Crippen LogP contribution < -0.4 is 5.32 Å². The number of nitrogens with zero attached hydrogens (tertiary/aromatic N) is 3. The molecular formula is C18H24N4O3. The second-order valence-electron chi connectivity index (χ2n) is 6.21. The maximum absolute atomic E-state index is 12.2. The average molecular weight is 344 g/mol. The third-order valence-corrected chi connectivity index (χ3v) is 3.86. The third kappa shape index (κ3) is 4.89. The van der Waals surface area contributed by atoms with Gasteiger partial charge in [-0.25, -0.2) is 9.67 Å². The number of carbonyl (C=O) groups is 2. The molecular weight excluding hydrogens is 320 g/mol. The molecule has 1 aromatic carbocycles. The molecule has 0 saturated carbocycles. The number of hydrogen-bond acceptors (Lipinski definition) is 4. The number of carboxylic acids is 1. The molecule has 134 valence electrons. The fourth-order valence-electron chi connectivity index (χ4n) is 2.57. The summed E-state index contributed by atoms with van der Waals surface area (Å²) >= 11 is 0. The minimum absolute atomic E-state index is 0.105. The van der Waals surface area contributed by atoms with Gasteiger partial charge in [0.15, 0.2) is 0 Å². The summed E-state index contributed by atoms with van der Waals surface area (Å²) in [7, 11) is 0. The van der Waals surface area contributed by atoms with Crippen molar-refractivity contribution in [2.75, 3.05) is 6.54 Å². The van der Waals surface area contributed by atoms with E-state index in [2.05, 4.69) is 29.2 Å². The van der Waals surface area contributed by atoms with E-state index in [1.54, 1.807) is 4.68 Å². The van der Waals surface area contributed by atoms with Crippen molar-refractivity contribution in [1.29, 1.82) is 0 Å². The van der Waals surface area contributed by atoms with Gasteiger partial charge in [-0.3, -0.25) is 9.59 Å². The molecule has 25 heavy (non-hydrogen) atoms. The van der Waals surface area contributed by atoms with Crippen LogP contribution in [0.15, 0.2) is 24.3 Å². The van der Waals surface area contributed by atoms with E-state index in [1.165, 1.54) is 0 Å². The molecule has 7 nitrogen and oxygen atoms in total. The quantitative estimate of drug-likeness (QED) is 0.718. The van der Waals surface area contributed by atoms with E-state index in [9.17, 15) is 9.59 Å². The lowest BCUT2D eigenvalue weighted by molar-refractivity contribution is -0.137. The number of aromatic nitrogens is 3. The van der Waals surface area contributed by atoms with E-state index in [-0.39, 0.29) is 18.2 Å². The van der Waals surface area contributed by atoms with Crippen molar-refractivity contribution < 1.29 is 14.7 Å². The molecule has 7 heteroatoms. The first-order valence-electron chi connectivity index (χ1n) is 8.43. The first kappa shape index (κ1) is 18.6. The van der Waals surface area contributed by atoms with Crippen LogP contribution in [0.3, 0.4) is 0 Å². The zero-order valence-electron chi connectivity index (χ0n) is 14.8. The number of para-hydroxylation sites is 1. The Bertz CT molecular complexity index is 753. The van der Waals surface area contributed by atoms with Gasteiger partial charge in [0.1, 0.15) is 5.82 Å². The van der Waals surface area contributed by atoms with E-state index in [4.69, 9.17) is 5.11 Å². The molecule has 1 aromatic heterocycles. The maximum atomic E-state index is 12.2. The molecule has 0 spiro atoms. The van der Waals surface area contributed by atoms with Gasteiger partial charge in [0.25, 0.3) is 5.91 Å². The van der Waals surface area contributed by atoms with Crippen LogP contribution in [0.4, 0.5) is 0 Å². The minimum atomic E-state index is -0.828. The van der Waals surface area contributed by atoms with Crippen LogP contribution >= 0.6 is 0 Å². The Morgan fingerprint density at radius 2 is 1.96 bits per heavy atom. The number of nitrogens with one attached hydrogen (secondary N) is 1. The zero-order chi connectivity index (χ0) is 18.4. The summed E-state index contributed by atoms with van der Waals surface area (Å²) in [4.78, 5) is 26.9. The molecule has 0 atom stereocenters. The van der Waals surface area contributed by atoms with E-state index < -0.39 is 5.97 Å². The number of rotatable bonds is 8. The Morgan fingerprint density at radius 1 is 1.24 bits per heavy atom. The van der Waals surface area contributed by atoms with Gasteiger partial charge in [0.2, 0.25) is 5.82 Å². The van der Waals surface area contributed by atoms with Crippen molar-refractivity contribution in [3.05, 3.63) is 41.5 Å². The number of aliphatic carboxylic acids is 1. The fraction of sp³-hybridized carbons (Fsp3) is 0.444. The molecule has 1 amide bonds. The lowest BCUT2D eigenvalue weighted by Crippen LogP contribution is -2.25. The topological polar surface area (TPSA) is 97.1 Å². The molecule has 0 bridgehead atoms. The fourth-order valence-corrected chi connectivity index (χ4v) is 2.57. The zero-order valence-corrected chi connectivity index (χ0v) is 14.8. The molecule has 1 heterocycles. The Labute approximate surface area is 147 Å². The summed E-state index contributed by atoms with van der Waals surface area (Å²) in [5, 5.41) is 15.7. The molecule has 2 aromatic rings. The smallest absolute Gasteiger partial charge is 0.303 e. The largest absolute Gasteiger partial charge is 0.481 e. The summed E-state index contributed by atoms with van der Waals surface area (Å²) in [5.74, 6) is -0.0879. The van der Waals surface area contributed by atoms with E-state index in [0.717, 1.165) is 11.3 Å². The normalized spacial score (nSPS) is 10.9. The minimum Gasteiger partial charge on any atom is -0.481 e. The highest BCUT2D eigenvalue weighted by atomic mass is 16.4. The van der Waals surface area contributed by atoms with Crippen molar-refractivity contribution in [2.24, 2.45) is 0 Å². The van der Waals surface area contributed by atoms with Crippen LogP contribution in [0.1, 0.15) is 61.0 Å². The standard InChI is InChI=1S/C18H24N4O3/c1-12(2)14-8-4-5-9-15(14)22-13(3)20-17(21-22)18(25)19-11-7-6-10-16(23)24/h4-5,8-9,12H,6-7,10-11H2,1-3H3,(H,19,25)(H,23,24). The molecule has 0 aliphatic carbocycles. The number of aryl methyl sites for hydroxylation is 1. The summed E-state index contributed by atoms with van der Waals surface area (Å²) < 4.78 is 1.69. The third-order valence-electron chi connectivity index (χ3n) is 3.86. The van der Waals surface area contributed by atoms with Gasteiger partial charge >= 0.3 is 5.97 Å². The van der Waals surface area contributed by atoms with Gasteiger partial charge in [-0.15, -0.1) is 5.10 Å². The SMILES string of the molecule is Cc1nc(C(=O)NCCCCC(=O)O)nn1-c1ccccc1C(C)C. The average Bonchev–Trinajstić information content (AvgIpc) is 2.96. The predicted octanol–water partition coefficient (Wildman–Crippen LogP) is 2.68. The Hall–Kier alpha value is -2.70. The first-order chi connectivity index (χ1) is 11.9. The number of hydrogen-bond donors (Lipinski definition) is 2. The van der Waals surface area contributed by atoms with Crippen LogP contribution in [0, 0.1) is 6.92 Å². The highest BCUT2D eigenvalue weighted by molar-refractivity contribution is 5.90. The van der Waals surface area contributed by atoms with E-state index in [0.29, 0.717) is 31.1 Å². The van der Waals surface area contributed by atoms with Crippen molar-refractivity contribution in [2.45, 2.75) is 46.0 Å². The Morgan fingerprint density at radius 3 is 2.64 bits per heavy atom. The van der Waals surface area contributed by atoms with Crippen LogP contribution in [-0.4, -0.2) is 38.3 Å². The molecule has 0 unspecified atom stereocenters. The molecule has 0 saturated heterocycles. The van der Waals surface area contributed by atoms with Gasteiger partial charge in [-0.05, 0) is 37.3 Å². The van der Waals surface area contributed by atoms with Crippen LogP contribution in [0.5, 0.6) is 0 Å². The summed E-state index contributed by atoms with van der Waals surface area (Å²) in [6.07, 6.45) is 1.24. The highest BCUT2D eigenvalue weighted by Crippen LogP contribution is 2.23. The second kappa shape index (κ2) is 8.41. The predicted molar refractivity (Wildman–Crippen MR) is 94.0 cm³/mol. The van der Waals surface area contributed by atoms with Crippen molar-refractivity contribution in [3.63, 3.8) is 0 Å². The maximum Gasteiger partial charge on any atom is 0.303 e. The molecule has 0 aliphatic rings. The highest BCUT2D eigenvalue weighted by Gasteiger charge is 2.17. The lowest BCUT2D eigenvalue weighted by atomic mass is 10.0. The Kier molecular flexibility index (Phi) is 6.27. The van der Waals surface area contributed by atoms with Gasteiger partial charge < -0.3 is 10.4 Å². The van der Waals surface area contributed by atoms with Gasteiger partial charge in [-0.2, -0.15) is 0 Å². The molecule has 0 radical (unpaired) electrons. The Balaban J connectivity index is 2.07. The number of carboxylic acid groups (broad SMARTS) is 1. The van der Waals surface area contributed by atoms with Crippen molar-refractivity contribution in [1.82, 2.24) is 20.1 Å². The van der Waals surface area contributed by atoms with Crippen LogP contribution in [0.25, 0.3) is 5.69 Å². The lowest BCUT2D eigenvalue weighted by Gasteiger charge is -2.12. The van der Waals surface area contributed by atoms with Crippen molar-refractivity contribution >= 4 is 11.9 Å². The number of benzene rings is 1. The molecule has 0 aliphatic heterocycles. The van der Waals surface area contributed by atoms with Gasteiger partial charge in [-0.1, -0.05) is 32.0 Å². The first-order valence-corrected chi connectivity index (χ1v) is 8.43. The van der Waals surface area contributed by atoms with Gasteiger partial charge in [0, 0.05) is 13.0 Å². The number of unbranched alkanes of at least 4 members (excludes halogenated alkanes) is 1. The number of amides is 1. The molecule has 0 fully saturated rings. The monoisotopic (exact) mass is 344 g/mol. The second-order valence-corrected chi connectivity index (χ2v) is 6.21. The van der Waals surface area contributed by atoms with Crippen LogP contribution in [-0.2, 0) is 4.79 Å². The molecule has 2 rings (SSSR count).